The molecule has 1 aromatic heterocycles. The SMILES string of the molecule is CC1CN([C@@H](C)CO)C(=O)Cc2cc(NC(=O)NCC3CCCCC3)ccc2O[C@H]1CNCc1ccncc1. The van der Waals surface area contributed by atoms with E-state index in [9.17, 15) is 14.7 Å². The molecule has 3 atom stereocenters. The summed E-state index contributed by atoms with van der Waals surface area (Å²) in [6.45, 7) is 6.23. The standard InChI is InChI=1S/C30H43N5O4/c1-21-19-35(22(2)20-36)29(37)15-25-14-26(34-30(38)33-17-23-6-4-3-5-7-23)8-9-27(25)39-28(21)18-32-16-24-10-12-31-13-11-24/h8-14,21-23,28,32,36H,3-7,15-20H2,1-2H3,(H2,33,34,38)/t21?,22-,28-/m0/s1. The lowest BCUT2D eigenvalue weighted by molar-refractivity contribution is -0.134. The third-order valence-electron chi connectivity index (χ3n) is 7.87. The molecule has 39 heavy (non-hydrogen) atoms. The van der Waals surface area contributed by atoms with Gasteiger partial charge < -0.3 is 30.7 Å². The molecule has 2 aromatic rings. The van der Waals surface area contributed by atoms with Gasteiger partial charge in [-0.1, -0.05) is 26.2 Å². The van der Waals surface area contributed by atoms with Crippen molar-refractivity contribution in [2.75, 3.05) is 31.6 Å². The molecule has 1 aliphatic heterocycles. The molecule has 1 aromatic carbocycles. The summed E-state index contributed by atoms with van der Waals surface area (Å²) in [6, 6.07) is 8.89. The summed E-state index contributed by atoms with van der Waals surface area (Å²) < 4.78 is 6.52. The molecule has 0 bridgehead atoms. The van der Waals surface area contributed by atoms with Gasteiger partial charge in [0.2, 0.25) is 5.91 Å². The number of aliphatic hydroxyl groups is 1. The van der Waals surface area contributed by atoms with Crippen molar-refractivity contribution < 1.29 is 19.4 Å². The average Bonchev–Trinajstić information content (AvgIpc) is 3.00. The molecule has 4 N–H and O–H groups in total. The number of fused-ring (bicyclic) bond motifs is 1. The largest absolute Gasteiger partial charge is 0.488 e. The van der Waals surface area contributed by atoms with Crippen LogP contribution in [-0.2, 0) is 17.8 Å². The number of carbonyl (C=O) groups excluding carboxylic acids is 2. The number of nitrogens with one attached hydrogen (secondary N) is 3. The number of hydrogen-bond acceptors (Lipinski definition) is 6. The monoisotopic (exact) mass is 537 g/mol. The molecule has 4 rings (SSSR count). The molecule has 2 aliphatic rings. The Kier molecular flexibility index (Phi) is 10.6. The van der Waals surface area contributed by atoms with Gasteiger partial charge in [-0.15, -0.1) is 0 Å². The zero-order valence-corrected chi connectivity index (χ0v) is 23.2. The van der Waals surface area contributed by atoms with E-state index in [-0.39, 0.29) is 43.0 Å². The van der Waals surface area contributed by atoms with Crippen molar-refractivity contribution in [2.24, 2.45) is 11.8 Å². The fraction of sp³-hybridized carbons (Fsp3) is 0.567. The number of nitrogens with zero attached hydrogens (tertiary/aromatic N) is 2. The third-order valence-corrected chi connectivity index (χ3v) is 7.87. The normalized spacial score (nSPS) is 21.1. The number of amides is 3. The first-order valence-electron chi connectivity index (χ1n) is 14.3. The second-order valence-corrected chi connectivity index (χ2v) is 11.0. The second kappa shape index (κ2) is 14.3. The Hall–Kier alpha value is -3.17. The van der Waals surface area contributed by atoms with Crippen LogP contribution in [0.15, 0.2) is 42.7 Å². The maximum atomic E-state index is 13.4. The van der Waals surface area contributed by atoms with E-state index in [0.29, 0.717) is 49.1 Å². The summed E-state index contributed by atoms with van der Waals surface area (Å²) >= 11 is 0. The summed E-state index contributed by atoms with van der Waals surface area (Å²) in [5.74, 6) is 1.12. The first-order chi connectivity index (χ1) is 18.9. The molecule has 3 amide bonds. The Morgan fingerprint density at radius 1 is 1.15 bits per heavy atom. The predicted octanol–water partition coefficient (Wildman–Crippen LogP) is 3.72. The van der Waals surface area contributed by atoms with Gasteiger partial charge in [-0.2, -0.15) is 0 Å². The van der Waals surface area contributed by atoms with Gasteiger partial charge in [0, 0.05) is 55.7 Å². The van der Waals surface area contributed by atoms with Crippen LogP contribution in [-0.4, -0.2) is 65.3 Å². The molecular weight excluding hydrogens is 494 g/mol. The number of anilines is 1. The molecule has 212 valence electrons. The summed E-state index contributed by atoms with van der Waals surface area (Å²) in [6.07, 6.45) is 9.55. The van der Waals surface area contributed by atoms with Gasteiger partial charge in [0.05, 0.1) is 19.1 Å². The maximum Gasteiger partial charge on any atom is 0.319 e. The lowest BCUT2D eigenvalue weighted by atomic mass is 9.89. The Morgan fingerprint density at radius 3 is 2.67 bits per heavy atom. The van der Waals surface area contributed by atoms with Crippen molar-refractivity contribution >= 4 is 17.6 Å². The molecule has 1 unspecified atom stereocenters. The van der Waals surface area contributed by atoms with Gasteiger partial charge in [-0.3, -0.25) is 9.78 Å². The van der Waals surface area contributed by atoms with Gasteiger partial charge in [0.1, 0.15) is 11.9 Å². The second-order valence-electron chi connectivity index (χ2n) is 11.0. The van der Waals surface area contributed by atoms with Crippen molar-refractivity contribution in [1.29, 1.82) is 0 Å². The number of hydrogen-bond donors (Lipinski definition) is 4. The number of aromatic nitrogens is 1. The summed E-state index contributed by atoms with van der Waals surface area (Å²) in [5, 5.41) is 19.3. The van der Waals surface area contributed by atoms with E-state index >= 15 is 0 Å². The number of urea groups is 1. The first-order valence-corrected chi connectivity index (χ1v) is 14.3. The average molecular weight is 538 g/mol. The van der Waals surface area contributed by atoms with E-state index in [1.165, 1.54) is 32.1 Å². The molecule has 2 heterocycles. The number of benzene rings is 1. The third kappa shape index (κ3) is 8.41. The smallest absolute Gasteiger partial charge is 0.319 e. The van der Waals surface area contributed by atoms with Crippen molar-refractivity contribution in [3.05, 3.63) is 53.9 Å². The van der Waals surface area contributed by atoms with Crippen LogP contribution in [0.5, 0.6) is 5.75 Å². The summed E-state index contributed by atoms with van der Waals surface area (Å²) in [5.41, 5.74) is 2.46. The minimum atomic E-state index is -0.307. The van der Waals surface area contributed by atoms with Crippen LogP contribution >= 0.6 is 0 Å². The van der Waals surface area contributed by atoms with E-state index < -0.39 is 0 Å². The highest BCUT2D eigenvalue weighted by atomic mass is 16.5. The van der Waals surface area contributed by atoms with E-state index in [4.69, 9.17) is 4.74 Å². The van der Waals surface area contributed by atoms with Crippen LogP contribution in [0.4, 0.5) is 10.5 Å². The van der Waals surface area contributed by atoms with Crippen LogP contribution in [0.25, 0.3) is 0 Å². The number of pyridine rings is 1. The van der Waals surface area contributed by atoms with Crippen LogP contribution in [0.3, 0.4) is 0 Å². The van der Waals surface area contributed by atoms with Crippen LogP contribution in [0.2, 0.25) is 0 Å². The zero-order chi connectivity index (χ0) is 27.6. The van der Waals surface area contributed by atoms with Crippen molar-refractivity contribution in [1.82, 2.24) is 20.5 Å². The van der Waals surface area contributed by atoms with Crippen molar-refractivity contribution in [3.63, 3.8) is 0 Å². The van der Waals surface area contributed by atoms with Crippen LogP contribution in [0.1, 0.15) is 57.1 Å². The Bertz CT molecular complexity index is 1080. The molecule has 0 saturated heterocycles. The quantitative estimate of drug-likeness (QED) is 0.388. The fourth-order valence-corrected chi connectivity index (χ4v) is 5.41. The Labute approximate surface area is 231 Å². The number of ether oxygens (including phenoxy) is 1. The highest BCUT2D eigenvalue weighted by Gasteiger charge is 2.30. The van der Waals surface area contributed by atoms with Gasteiger partial charge in [-0.05, 0) is 61.6 Å². The number of rotatable bonds is 9. The van der Waals surface area contributed by atoms with E-state index in [2.05, 4.69) is 27.9 Å². The predicted molar refractivity (Wildman–Crippen MR) is 152 cm³/mol. The van der Waals surface area contributed by atoms with Gasteiger partial charge in [0.15, 0.2) is 0 Å². The highest BCUT2D eigenvalue weighted by molar-refractivity contribution is 5.90. The van der Waals surface area contributed by atoms with E-state index in [0.717, 1.165) is 5.56 Å². The van der Waals surface area contributed by atoms with Gasteiger partial charge in [-0.25, -0.2) is 4.79 Å². The molecule has 9 nitrogen and oxygen atoms in total. The van der Waals surface area contributed by atoms with Crippen molar-refractivity contribution in [3.8, 4) is 5.75 Å². The Morgan fingerprint density at radius 2 is 1.92 bits per heavy atom. The molecular formula is C30H43N5O4. The summed E-state index contributed by atoms with van der Waals surface area (Å²) in [4.78, 5) is 31.8. The molecule has 1 saturated carbocycles. The first kappa shape index (κ1) is 28.8. The molecule has 1 fully saturated rings. The van der Waals surface area contributed by atoms with Gasteiger partial charge >= 0.3 is 6.03 Å². The molecule has 0 radical (unpaired) electrons. The zero-order valence-electron chi connectivity index (χ0n) is 23.2. The van der Waals surface area contributed by atoms with Crippen LogP contribution < -0.4 is 20.7 Å². The molecule has 1 aliphatic carbocycles. The lowest BCUT2D eigenvalue weighted by Crippen LogP contribution is -2.47. The fourth-order valence-electron chi connectivity index (χ4n) is 5.41. The number of aliphatic hydroxyl groups excluding tert-OH is 1. The van der Waals surface area contributed by atoms with Crippen molar-refractivity contribution in [2.45, 2.75) is 71.1 Å². The molecule has 9 heteroatoms. The molecule has 0 spiro atoms. The lowest BCUT2D eigenvalue weighted by Gasteiger charge is -2.32. The minimum Gasteiger partial charge on any atom is -0.488 e. The van der Waals surface area contributed by atoms with E-state index in [1.54, 1.807) is 17.3 Å². The van der Waals surface area contributed by atoms with Crippen LogP contribution in [0, 0.1) is 11.8 Å². The highest BCUT2D eigenvalue weighted by Crippen LogP contribution is 2.29. The minimum absolute atomic E-state index is 0.0159. The van der Waals surface area contributed by atoms with E-state index in [1.807, 2.05) is 37.3 Å². The van der Waals surface area contributed by atoms with Gasteiger partial charge in [0.25, 0.3) is 0 Å². The summed E-state index contributed by atoms with van der Waals surface area (Å²) in [7, 11) is 0. The Balaban J connectivity index is 1.47. The maximum absolute atomic E-state index is 13.4. The number of carbonyl (C=O) groups is 2. The topological polar surface area (TPSA) is 116 Å².